The van der Waals surface area contributed by atoms with Gasteiger partial charge < -0.3 is 10.6 Å². The van der Waals surface area contributed by atoms with Crippen LogP contribution in [0.5, 0.6) is 0 Å². The summed E-state index contributed by atoms with van der Waals surface area (Å²) >= 11 is 0. The predicted octanol–water partition coefficient (Wildman–Crippen LogP) is 2.85. The second-order valence-electron chi connectivity index (χ2n) is 6.56. The Labute approximate surface area is 106 Å². The monoisotopic (exact) mass is 236 g/mol. The SMILES string of the molecule is C=CC(C)(C)CNC1CCC(NC2CC2)CC1. The molecule has 2 aliphatic rings. The first-order valence-electron chi connectivity index (χ1n) is 7.22. The van der Waals surface area contributed by atoms with Crippen LogP contribution in [0.2, 0.25) is 0 Å². The van der Waals surface area contributed by atoms with Crippen molar-refractivity contribution in [1.29, 1.82) is 0 Å². The molecule has 2 nitrogen and oxygen atoms in total. The zero-order valence-corrected chi connectivity index (χ0v) is 11.5. The Hall–Kier alpha value is -0.340. The smallest absolute Gasteiger partial charge is 0.00708 e. The van der Waals surface area contributed by atoms with Crippen molar-refractivity contribution in [2.45, 2.75) is 70.5 Å². The molecule has 2 aliphatic carbocycles. The highest BCUT2D eigenvalue weighted by Gasteiger charge is 2.28. The minimum Gasteiger partial charge on any atom is -0.313 e. The molecule has 0 bridgehead atoms. The number of rotatable bonds is 6. The zero-order chi connectivity index (χ0) is 12.3. The van der Waals surface area contributed by atoms with E-state index in [0.717, 1.165) is 24.7 Å². The first-order valence-corrected chi connectivity index (χ1v) is 7.22. The Morgan fingerprint density at radius 2 is 1.47 bits per heavy atom. The molecule has 2 N–H and O–H groups in total. The van der Waals surface area contributed by atoms with E-state index in [-0.39, 0.29) is 5.41 Å². The molecule has 0 aliphatic heterocycles. The quantitative estimate of drug-likeness (QED) is 0.693. The number of hydrogen-bond acceptors (Lipinski definition) is 2. The fraction of sp³-hybridized carbons (Fsp3) is 0.867. The van der Waals surface area contributed by atoms with Gasteiger partial charge in [0, 0.05) is 24.7 Å². The molecule has 0 heterocycles. The largest absolute Gasteiger partial charge is 0.313 e. The van der Waals surface area contributed by atoms with Crippen LogP contribution in [-0.4, -0.2) is 24.7 Å². The van der Waals surface area contributed by atoms with Gasteiger partial charge in [0.2, 0.25) is 0 Å². The second-order valence-corrected chi connectivity index (χ2v) is 6.56. The van der Waals surface area contributed by atoms with E-state index < -0.39 is 0 Å². The Bertz CT molecular complexity index is 248. The molecule has 0 unspecified atom stereocenters. The average Bonchev–Trinajstić information content (AvgIpc) is 3.12. The van der Waals surface area contributed by atoms with Crippen LogP contribution in [0.1, 0.15) is 52.4 Å². The Morgan fingerprint density at radius 3 is 1.94 bits per heavy atom. The summed E-state index contributed by atoms with van der Waals surface area (Å²) in [5, 5.41) is 7.46. The lowest BCUT2D eigenvalue weighted by Crippen LogP contribution is -2.43. The maximum Gasteiger partial charge on any atom is 0.00708 e. The lowest BCUT2D eigenvalue weighted by atomic mass is 9.89. The van der Waals surface area contributed by atoms with Gasteiger partial charge in [-0.25, -0.2) is 0 Å². The van der Waals surface area contributed by atoms with Crippen LogP contribution in [0.25, 0.3) is 0 Å². The molecule has 17 heavy (non-hydrogen) atoms. The summed E-state index contributed by atoms with van der Waals surface area (Å²) in [6.45, 7) is 9.44. The molecule has 0 atom stereocenters. The molecular weight excluding hydrogens is 208 g/mol. The van der Waals surface area contributed by atoms with E-state index in [1.807, 2.05) is 0 Å². The third-order valence-electron chi connectivity index (χ3n) is 4.17. The Kier molecular flexibility index (Phi) is 4.26. The summed E-state index contributed by atoms with van der Waals surface area (Å²) in [6, 6.07) is 2.39. The van der Waals surface area contributed by atoms with Gasteiger partial charge in [-0.2, -0.15) is 0 Å². The number of hydrogen-bond donors (Lipinski definition) is 2. The van der Waals surface area contributed by atoms with Gasteiger partial charge in [0.05, 0.1) is 0 Å². The molecule has 2 rings (SSSR count). The van der Waals surface area contributed by atoms with Crippen LogP contribution in [0.4, 0.5) is 0 Å². The summed E-state index contributed by atoms with van der Waals surface area (Å²) < 4.78 is 0. The summed E-state index contributed by atoms with van der Waals surface area (Å²) in [4.78, 5) is 0. The van der Waals surface area contributed by atoms with Crippen molar-refractivity contribution in [2.24, 2.45) is 5.41 Å². The minimum absolute atomic E-state index is 0.225. The predicted molar refractivity (Wildman–Crippen MR) is 74.2 cm³/mol. The van der Waals surface area contributed by atoms with Crippen molar-refractivity contribution < 1.29 is 0 Å². The summed E-state index contributed by atoms with van der Waals surface area (Å²) in [6.07, 6.45) is 10.2. The third kappa shape index (κ3) is 4.44. The molecule has 0 aromatic heterocycles. The highest BCUT2D eigenvalue weighted by atomic mass is 15.0. The van der Waals surface area contributed by atoms with E-state index in [1.165, 1.54) is 38.5 Å². The average molecular weight is 236 g/mol. The molecule has 2 fully saturated rings. The van der Waals surface area contributed by atoms with Crippen molar-refractivity contribution in [2.75, 3.05) is 6.54 Å². The summed E-state index contributed by atoms with van der Waals surface area (Å²) in [5.74, 6) is 0. The molecule has 98 valence electrons. The van der Waals surface area contributed by atoms with E-state index in [0.29, 0.717) is 0 Å². The van der Waals surface area contributed by atoms with Gasteiger partial charge in [0.1, 0.15) is 0 Å². The topological polar surface area (TPSA) is 24.1 Å². The second kappa shape index (κ2) is 5.53. The van der Waals surface area contributed by atoms with Crippen molar-refractivity contribution in [3.05, 3.63) is 12.7 Å². The van der Waals surface area contributed by atoms with Gasteiger partial charge in [0.15, 0.2) is 0 Å². The lowest BCUT2D eigenvalue weighted by molar-refractivity contribution is 0.286. The number of nitrogens with one attached hydrogen (secondary N) is 2. The van der Waals surface area contributed by atoms with E-state index >= 15 is 0 Å². The molecular formula is C15H28N2. The molecule has 0 aromatic rings. The van der Waals surface area contributed by atoms with Gasteiger partial charge in [-0.15, -0.1) is 6.58 Å². The van der Waals surface area contributed by atoms with Crippen molar-refractivity contribution >= 4 is 0 Å². The highest BCUT2D eigenvalue weighted by molar-refractivity contribution is 4.92. The van der Waals surface area contributed by atoms with E-state index in [9.17, 15) is 0 Å². The maximum absolute atomic E-state index is 3.90. The van der Waals surface area contributed by atoms with E-state index in [1.54, 1.807) is 0 Å². The molecule has 2 heteroatoms. The standard InChI is InChI=1S/C15H28N2/c1-4-15(2,3)11-16-12-5-7-13(8-6-12)17-14-9-10-14/h4,12-14,16-17H,1,5-11H2,2-3H3. The van der Waals surface area contributed by atoms with E-state index in [4.69, 9.17) is 0 Å². The van der Waals surface area contributed by atoms with Crippen molar-refractivity contribution in [3.63, 3.8) is 0 Å². The molecule has 0 saturated heterocycles. The highest BCUT2D eigenvalue weighted by Crippen LogP contribution is 2.25. The van der Waals surface area contributed by atoms with Crippen LogP contribution in [0, 0.1) is 5.41 Å². The molecule has 0 aromatic carbocycles. The molecule has 2 saturated carbocycles. The molecule has 0 spiro atoms. The third-order valence-corrected chi connectivity index (χ3v) is 4.17. The van der Waals surface area contributed by atoms with Gasteiger partial charge in [-0.05, 0) is 43.9 Å². The van der Waals surface area contributed by atoms with Crippen LogP contribution in [0.15, 0.2) is 12.7 Å². The van der Waals surface area contributed by atoms with Crippen LogP contribution in [0.3, 0.4) is 0 Å². The normalized spacial score (nSPS) is 30.2. The molecule has 0 amide bonds. The summed E-state index contributed by atoms with van der Waals surface area (Å²) in [5.41, 5.74) is 0.225. The van der Waals surface area contributed by atoms with Gasteiger partial charge >= 0.3 is 0 Å². The molecule has 0 radical (unpaired) electrons. The van der Waals surface area contributed by atoms with Crippen LogP contribution < -0.4 is 10.6 Å². The fourth-order valence-electron chi connectivity index (χ4n) is 2.53. The Morgan fingerprint density at radius 1 is 1.00 bits per heavy atom. The van der Waals surface area contributed by atoms with Crippen molar-refractivity contribution in [3.8, 4) is 0 Å². The Balaban J connectivity index is 1.62. The van der Waals surface area contributed by atoms with E-state index in [2.05, 4.69) is 37.1 Å². The van der Waals surface area contributed by atoms with Crippen molar-refractivity contribution in [1.82, 2.24) is 10.6 Å². The summed E-state index contributed by atoms with van der Waals surface area (Å²) in [7, 11) is 0. The first-order chi connectivity index (χ1) is 8.09. The van der Waals surface area contributed by atoms with Gasteiger partial charge in [-0.1, -0.05) is 19.9 Å². The first kappa shape index (κ1) is 13.1. The van der Waals surface area contributed by atoms with Gasteiger partial charge in [0.25, 0.3) is 0 Å². The zero-order valence-electron chi connectivity index (χ0n) is 11.5. The van der Waals surface area contributed by atoms with Crippen LogP contribution in [-0.2, 0) is 0 Å². The maximum atomic E-state index is 3.90. The fourth-order valence-corrected chi connectivity index (χ4v) is 2.53. The lowest BCUT2D eigenvalue weighted by Gasteiger charge is -2.32. The minimum atomic E-state index is 0.225. The van der Waals surface area contributed by atoms with Gasteiger partial charge in [-0.3, -0.25) is 0 Å². The van der Waals surface area contributed by atoms with Crippen LogP contribution >= 0.6 is 0 Å².